The van der Waals surface area contributed by atoms with E-state index in [2.05, 4.69) is 10.6 Å². The first-order valence-corrected chi connectivity index (χ1v) is 4.56. The second kappa shape index (κ2) is 8.16. The van der Waals surface area contributed by atoms with Crippen LogP contribution in [-0.2, 0) is 9.59 Å². The number of nitrogens with one attached hydrogen (secondary N) is 2. The molecule has 0 aromatic heterocycles. The van der Waals surface area contributed by atoms with Crippen LogP contribution in [0.3, 0.4) is 0 Å². The van der Waals surface area contributed by atoms with E-state index in [4.69, 9.17) is 10.2 Å². The molecule has 0 aliphatic rings. The van der Waals surface area contributed by atoms with Crippen LogP contribution in [0, 0.1) is 0 Å². The van der Waals surface area contributed by atoms with E-state index in [1.165, 1.54) is 0 Å². The van der Waals surface area contributed by atoms with E-state index >= 15 is 0 Å². The fourth-order valence-corrected chi connectivity index (χ4v) is 0.833. The fourth-order valence-electron chi connectivity index (χ4n) is 0.833. The smallest absolute Gasteiger partial charge is 0.249 e. The molecule has 0 saturated heterocycles. The first-order chi connectivity index (χ1) is 7.11. The molecule has 1 unspecified atom stereocenters. The average molecular weight is 220 g/mol. The van der Waals surface area contributed by atoms with Gasteiger partial charge in [0.15, 0.2) is 0 Å². The van der Waals surface area contributed by atoms with E-state index in [1.54, 1.807) is 0 Å². The number of hydrogen-bond donors (Lipinski definition) is 5. The molecule has 88 valence electrons. The molecule has 0 aliphatic heterocycles. The third kappa shape index (κ3) is 6.83. The van der Waals surface area contributed by atoms with Gasteiger partial charge >= 0.3 is 0 Å². The van der Waals surface area contributed by atoms with Crippen molar-refractivity contribution in [3.8, 4) is 0 Å². The minimum atomic E-state index is -1.43. The Morgan fingerprint density at radius 3 is 2.13 bits per heavy atom. The van der Waals surface area contributed by atoms with E-state index in [9.17, 15) is 14.7 Å². The molecule has 0 aliphatic carbocycles. The molecular weight excluding hydrogens is 204 g/mol. The van der Waals surface area contributed by atoms with Gasteiger partial charge in [-0.3, -0.25) is 9.59 Å². The quantitative estimate of drug-likeness (QED) is 0.312. The molecule has 1 atom stereocenters. The molecular formula is C8H16N2O5. The normalized spacial score (nSPS) is 11.9. The van der Waals surface area contributed by atoms with Crippen LogP contribution in [0.25, 0.3) is 0 Å². The zero-order valence-electron chi connectivity index (χ0n) is 8.27. The Morgan fingerprint density at radius 1 is 1.07 bits per heavy atom. The summed E-state index contributed by atoms with van der Waals surface area (Å²) in [6.07, 6.45) is -1.80. The molecule has 15 heavy (non-hydrogen) atoms. The molecule has 0 radical (unpaired) electrons. The highest BCUT2D eigenvalue weighted by molar-refractivity contribution is 5.87. The van der Waals surface area contributed by atoms with E-state index in [0.717, 1.165) is 0 Å². The second-order valence-electron chi connectivity index (χ2n) is 2.81. The average Bonchev–Trinajstić information content (AvgIpc) is 2.22. The van der Waals surface area contributed by atoms with Crippen molar-refractivity contribution in [1.82, 2.24) is 10.6 Å². The van der Waals surface area contributed by atoms with Crippen molar-refractivity contribution < 1.29 is 24.9 Å². The minimum absolute atomic E-state index is 0.0359. The monoisotopic (exact) mass is 220 g/mol. The molecule has 2 amide bonds. The first-order valence-electron chi connectivity index (χ1n) is 4.56. The SMILES string of the molecule is O=C(CC(O)C(=O)NCCO)NCCO. The Bertz CT molecular complexity index is 209. The molecule has 0 aromatic carbocycles. The maximum atomic E-state index is 11.0. The number of carbonyl (C=O) groups is 2. The van der Waals surface area contributed by atoms with E-state index in [-0.39, 0.29) is 32.7 Å². The maximum Gasteiger partial charge on any atom is 0.249 e. The standard InChI is InChI=1S/C8H16N2O5/c11-3-1-9-7(14)5-6(13)8(15)10-2-4-12/h6,11-13H,1-5H2,(H,9,14)(H,10,15). The number of aliphatic hydroxyl groups excluding tert-OH is 3. The number of rotatable bonds is 7. The van der Waals surface area contributed by atoms with Gasteiger partial charge in [-0.05, 0) is 0 Å². The largest absolute Gasteiger partial charge is 0.395 e. The van der Waals surface area contributed by atoms with Crippen molar-refractivity contribution in [2.75, 3.05) is 26.3 Å². The van der Waals surface area contributed by atoms with Gasteiger partial charge in [-0.25, -0.2) is 0 Å². The van der Waals surface area contributed by atoms with Crippen molar-refractivity contribution >= 4 is 11.8 Å². The highest BCUT2D eigenvalue weighted by atomic mass is 16.3. The molecule has 0 aromatic rings. The van der Waals surface area contributed by atoms with Crippen LogP contribution < -0.4 is 10.6 Å². The summed E-state index contributed by atoms with van der Waals surface area (Å²) in [5.41, 5.74) is 0. The number of carbonyl (C=O) groups excluding carboxylic acids is 2. The molecule has 5 N–H and O–H groups in total. The summed E-state index contributed by atoms with van der Waals surface area (Å²) in [7, 11) is 0. The second-order valence-corrected chi connectivity index (χ2v) is 2.81. The molecule has 0 saturated carbocycles. The zero-order valence-corrected chi connectivity index (χ0v) is 8.27. The summed E-state index contributed by atoms with van der Waals surface area (Å²) in [5.74, 6) is -1.22. The summed E-state index contributed by atoms with van der Waals surface area (Å²) < 4.78 is 0. The molecule has 0 bridgehead atoms. The molecule has 7 nitrogen and oxygen atoms in total. The predicted molar refractivity (Wildman–Crippen MR) is 50.8 cm³/mol. The summed E-state index contributed by atoms with van der Waals surface area (Å²) in [6, 6.07) is 0. The van der Waals surface area contributed by atoms with Crippen LogP contribution in [0.1, 0.15) is 6.42 Å². The minimum Gasteiger partial charge on any atom is -0.395 e. The summed E-state index contributed by atoms with van der Waals surface area (Å²) in [4.78, 5) is 22.0. The lowest BCUT2D eigenvalue weighted by Crippen LogP contribution is -2.39. The van der Waals surface area contributed by atoms with Crippen molar-refractivity contribution in [2.24, 2.45) is 0 Å². The highest BCUT2D eigenvalue weighted by Gasteiger charge is 2.17. The van der Waals surface area contributed by atoms with Gasteiger partial charge in [0.1, 0.15) is 6.10 Å². The first kappa shape index (κ1) is 13.8. The van der Waals surface area contributed by atoms with Gasteiger partial charge in [0.2, 0.25) is 11.8 Å². The van der Waals surface area contributed by atoms with Crippen LogP contribution in [0.2, 0.25) is 0 Å². The van der Waals surface area contributed by atoms with Crippen LogP contribution in [-0.4, -0.2) is 59.5 Å². The van der Waals surface area contributed by atoms with Gasteiger partial charge in [-0.15, -0.1) is 0 Å². The maximum absolute atomic E-state index is 11.0. The van der Waals surface area contributed by atoms with Gasteiger partial charge in [-0.1, -0.05) is 0 Å². The van der Waals surface area contributed by atoms with Gasteiger partial charge < -0.3 is 26.0 Å². The van der Waals surface area contributed by atoms with Gasteiger partial charge in [0, 0.05) is 13.1 Å². The third-order valence-corrected chi connectivity index (χ3v) is 1.53. The van der Waals surface area contributed by atoms with Crippen LogP contribution in [0.15, 0.2) is 0 Å². The van der Waals surface area contributed by atoms with E-state index in [0.29, 0.717) is 0 Å². The molecule has 0 heterocycles. The van der Waals surface area contributed by atoms with Crippen LogP contribution in [0.4, 0.5) is 0 Å². The van der Waals surface area contributed by atoms with Crippen molar-refractivity contribution in [3.05, 3.63) is 0 Å². The van der Waals surface area contributed by atoms with Gasteiger partial charge in [0.05, 0.1) is 19.6 Å². The topological polar surface area (TPSA) is 119 Å². The number of hydrogen-bond acceptors (Lipinski definition) is 5. The summed E-state index contributed by atoms with van der Waals surface area (Å²) >= 11 is 0. The number of amides is 2. The Morgan fingerprint density at radius 2 is 1.60 bits per heavy atom. The number of aliphatic hydroxyl groups is 3. The Balaban J connectivity index is 3.75. The molecule has 0 rings (SSSR count). The lowest BCUT2D eigenvalue weighted by molar-refractivity contribution is -0.134. The van der Waals surface area contributed by atoms with Crippen molar-refractivity contribution in [2.45, 2.75) is 12.5 Å². The van der Waals surface area contributed by atoms with Crippen LogP contribution >= 0.6 is 0 Å². The fraction of sp³-hybridized carbons (Fsp3) is 0.750. The van der Waals surface area contributed by atoms with Crippen molar-refractivity contribution in [1.29, 1.82) is 0 Å². The van der Waals surface area contributed by atoms with Crippen LogP contribution in [0.5, 0.6) is 0 Å². The lowest BCUT2D eigenvalue weighted by Gasteiger charge is -2.10. The van der Waals surface area contributed by atoms with E-state index in [1.807, 2.05) is 0 Å². The predicted octanol–water partition coefficient (Wildman–Crippen LogP) is -3.05. The molecule has 7 heteroatoms. The highest BCUT2D eigenvalue weighted by Crippen LogP contribution is 1.91. The Kier molecular flexibility index (Phi) is 7.51. The third-order valence-electron chi connectivity index (χ3n) is 1.53. The lowest BCUT2D eigenvalue weighted by atomic mass is 10.2. The Hall–Kier alpha value is -1.18. The summed E-state index contributed by atoms with van der Waals surface area (Å²) in [5, 5.41) is 30.5. The van der Waals surface area contributed by atoms with Gasteiger partial charge in [0.25, 0.3) is 0 Å². The molecule has 0 spiro atoms. The van der Waals surface area contributed by atoms with E-state index < -0.39 is 17.9 Å². The zero-order chi connectivity index (χ0) is 11.7. The Labute approximate surface area is 87.1 Å². The summed E-state index contributed by atoms with van der Waals surface area (Å²) in [6.45, 7) is -0.300. The van der Waals surface area contributed by atoms with Crippen molar-refractivity contribution in [3.63, 3.8) is 0 Å². The van der Waals surface area contributed by atoms with Gasteiger partial charge in [-0.2, -0.15) is 0 Å². The molecule has 0 fully saturated rings.